The molecule has 156 valence electrons. The summed E-state index contributed by atoms with van der Waals surface area (Å²) in [6.07, 6.45) is 1.66. The van der Waals surface area contributed by atoms with Gasteiger partial charge in [0.15, 0.2) is 17.1 Å². The van der Waals surface area contributed by atoms with Crippen LogP contribution in [0.4, 0.5) is 0 Å². The van der Waals surface area contributed by atoms with Gasteiger partial charge in [-0.05, 0) is 48.0 Å². The summed E-state index contributed by atoms with van der Waals surface area (Å²) in [6, 6.07) is 15.0. The molecular formula is C23H20N4O4. The predicted octanol–water partition coefficient (Wildman–Crippen LogP) is 3.30. The molecule has 0 bridgehead atoms. The molecular weight excluding hydrogens is 396 g/mol. The Morgan fingerprint density at radius 3 is 2.74 bits per heavy atom. The molecule has 1 amide bonds. The minimum atomic E-state index is -0.201. The van der Waals surface area contributed by atoms with Crippen LogP contribution in [0, 0.1) is 0 Å². The molecule has 0 spiro atoms. The van der Waals surface area contributed by atoms with Crippen molar-refractivity contribution in [1.82, 2.24) is 20.1 Å². The van der Waals surface area contributed by atoms with Crippen molar-refractivity contribution in [2.45, 2.75) is 6.54 Å². The minimum Gasteiger partial charge on any atom is -0.497 e. The molecule has 5 rings (SSSR count). The largest absolute Gasteiger partial charge is 0.497 e. The summed E-state index contributed by atoms with van der Waals surface area (Å²) < 4.78 is 17.6. The van der Waals surface area contributed by atoms with Crippen LogP contribution < -0.4 is 19.5 Å². The number of methoxy groups -OCH3 is 1. The molecule has 0 saturated heterocycles. The van der Waals surface area contributed by atoms with Gasteiger partial charge in [0.2, 0.25) is 6.79 Å². The van der Waals surface area contributed by atoms with Crippen LogP contribution in [0.1, 0.15) is 15.9 Å². The number of aryl methyl sites for hydroxylation is 1. The van der Waals surface area contributed by atoms with Crippen LogP contribution in [0.5, 0.6) is 17.2 Å². The Balaban J connectivity index is 1.45. The number of pyridine rings is 1. The number of fused-ring (bicyclic) bond motifs is 2. The topological polar surface area (TPSA) is 87.5 Å². The second-order valence-electron chi connectivity index (χ2n) is 7.16. The first-order valence-electron chi connectivity index (χ1n) is 9.76. The van der Waals surface area contributed by atoms with Crippen molar-refractivity contribution in [3.63, 3.8) is 0 Å². The fraction of sp³-hybridized carbons (Fsp3) is 0.174. The predicted molar refractivity (Wildman–Crippen MR) is 114 cm³/mol. The van der Waals surface area contributed by atoms with E-state index in [9.17, 15) is 4.79 Å². The van der Waals surface area contributed by atoms with Gasteiger partial charge in [-0.25, -0.2) is 4.98 Å². The van der Waals surface area contributed by atoms with E-state index in [4.69, 9.17) is 19.2 Å². The van der Waals surface area contributed by atoms with Crippen molar-refractivity contribution in [1.29, 1.82) is 0 Å². The number of rotatable bonds is 5. The number of hydrogen-bond acceptors (Lipinski definition) is 6. The molecule has 0 atom stereocenters. The minimum absolute atomic E-state index is 0.201. The summed E-state index contributed by atoms with van der Waals surface area (Å²) in [7, 11) is 3.43. The van der Waals surface area contributed by atoms with Gasteiger partial charge in [-0.15, -0.1) is 0 Å². The monoisotopic (exact) mass is 416 g/mol. The average Bonchev–Trinajstić information content (AvgIpc) is 3.43. The zero-order chi connectivity index (χ0) is 21.4. The van der Waals surface area contributed by atoms with E-state index in [0.717, 1.165) is 16.9 Å². The molecule has 31 heavy (non-hydrogen) atoms. The highest BCUT2D eigenvalue weighted by Crippen LogP contribution is 2.32. The molecule has 4 aromatic rings. The van der Waals surface area contributed by atoms with Gasteiger partial charge in [0.1, 0.15) is 5.75 Å². The molecule has 1 N–H and O–H groups in total. The van der Waals surface area contributed by atoms with Crippen molar-refractivity contribution >= 4 is 16.9 Å². The van der Waals surface area contributed by atoms with Crippen LogP contribution in [0.2, 0.25) is 0 Å². The molecule has 0 unspecified atom stereocenters. The van der Waals surface area contributed by atoms with E-state index in [-0.39, 0.29) is 12.7 Å². The lowest BCUT2D eigenvalue weighted by molar-refractivity contribution is 0.0952. The lowest BCUT2D eigenvalue weighted by atomic mass is 10.1. The molecule has 3 heterocycles. The second kappa shape index (κ2) is 7.64. The van der Waals surface area contributed by atoms with E-state index in [1.54, 1.807) is 31.1 Å². The van der Waals surface area contributed by atoms with Gasteiger partial charge in [0.25, 0.3) is 5.91 Å². The third-order valence-corrected chi connectivity index (χ3v) is 5.23. The number of aromatic nitrogens is 3. The standard InChI is InChI=1S/C23H20N4O4/c1-27-22-18(12-25-27)17(10-19(26-22)15-4-6-16(29-2)7-5-15)23(28)24-11-14-3-8-20-21(9-14)31-13-30-20/h3-10,12H,11,13H2,1-2H3,(H,24,28). The molecule has 2 aromatic carbocycles. The lowest BCUT2D eigenvalue weighted by Crippen LogP contribution is -2.23. The van der Waals surface area contributed by atoms with Crippen LogP contribution in [-0.4, -0.2) is 34.6 Å². The number of carbonyl (C=O) groups excluding carboxylic acids is 1. The molecule has 1 aliphatic heterocycles. The van der Waals surface area contributed by atoms with Gasteiger partial charge >= 0.3 is 0 Å². The molecule has 0 saturated carbocycles. The zero-order valence-electron chi connectivity index (χ0n) is 17.1. The quantitative estimate of drug-likeness (QED) is 0.537. The smallest absolute Gasteiger partial charge is 0.252 e. The van der Waals surface area contributed by atoms with Crippen LogP contribution in [0.15, 0.2) is 54.7 Å². The summed E-state index contributed by atoms with van der Waals surface area (Å²) >= 11 is 0. The average molecular weight is 416 g/mol. The molecule has 0 fully saturated rings. The van der Waals surface area contributed by atoms with E-state index < -0.39 is 0 Å². The van der Waals surface area contributed by atoms with E-state index in [0.29, 0.717) is 40.3 Å². The number of hydrogen-bond donors (Lipinski definition) is 1. The summed E-state index contributed by atoms with van der Waals surface area (Å²) in [6.45, 7) is 0.576. The summed E-state index contributed by atoms with van der Waals surface area (Å²) in [5, 5.41) is 7.96. The van der Waals surface area contributed by atoms with Crippen LogP contribution >= 0.6 is 0 Å². The highest BCUT2D eigenvalue weighted by molar-refractivity contribution is 6.06. The van der Waals surface area contributed by atoms with Gasteiger partial charge in [-0.1, -0.05) is 6.07 Å². The molecule has 2 aromatic heterocycles. The first-order chi connectivity index (χ1) is 15.1. The summed E-state index contributed by atoms with van der Waals surface area (Å²) in [5.74, 6) is 1.96. The van der Waals surface area contributed by atoms with Crippen molar-refractivity contribution in [3.05, 3.63) is 65.9 Å². The zero-order valence-corrected chi connectivity index (χ0v) is 17.1. The Kier molecular flexibility index (Phi) is 4.66. The van der Waals surface area contributed by atoms with Gasteiger partial charge in [0, 0.05) is 19.2 Å². The van der Waals surface area contributed by atoms with Gasteiger partial charge in [0.05, 0.1) is 30.0 Å². The first kappa shape index (κ1) is 18.9. The fourth-order valence-corrected chi connectivity index (χ4v) is 3.54. The van der Waals surface area contributed by atoms with Crippen LogP contribution in [0.3, 0.4) is 0 Å². The third kappa shape index (κ3) is 3.52. The van der Waals surface area contributed by atoms with Crippen molar-refractivity contribution < 1.29 is 19.0 Å². The Labute approximate surface area is 178 Å². The van der Waals surface area contributed by atoms with Crippen LogP contribution in [0.25, 0.3) is 22.3 Å². The van der Waals surface area contributed by atoms with Gasteiger partial charge in [-0.2, -0.15) is 5.10 Å². The Bertz CT molecular complexity index is 1280. The number of ether oxygens (including phenoxy) is 3. The van der Waals surface area contributed by atoms with Gasteiger partial charge in [-0.3, -0.25) is 9.48 Å². The maximum atomic E-state index is 13.1. The number of benzene rings is 2. The summed E-state index contributed by atoms with van der Waals surface area (Å²) in [5.41, 5.74) is 3.65. The van der Waals surface area contributed by atoms with Crippen molar-refractivity contribution in [2.75, 3.05) is 13.9 Å². The van der Waals surface area contributed by atoms with E-state index in [2.05, 4.69) is 10.4 Å². The highest BCUT2D eigenvalue weighted by Gasteiger charge is 2.18. The maximum Gasteiger partial charge on any atom is 0.252 e. The van der Waals surface area contributed by atoms with Crippen molar-refractivity contribution in [3.8, 4) is 28.5 Å². The highest BCUT2D eigenvalue weighted by atomic mass is 16.7. The van der Waals surface area contributed by atoms with Gasteiger partial charge < -0.3 is 19.5 Å². The number of nitrogens with zero attached hydrogens (tertiary/aromatic N) is 3. The number of nitrogens with one attached hydrogen (secondary N) is 1. The Morgan fingerprint density at radius 2 is 1.94 bits per heavy atom. The lowest BCUT2D eigenvalue weighted by Gasteiger charge is -2.10. The van der Waals surface area contributed by atoms with Crippen LogP contribution in [-0.2, 0) is 13.6 Å². The second-order valence-corrected chi connectivity index (χ2v) is 7.16. The first-order valence-corrected chi connectivity index (χ1v) is 9.76. The molecule has 8 nitrogen and oxygen atoms in total. The van der Waals surface area contributed by atoms with E-state index in [1.807, 2.05) is 42.5 Å². The summed E-state index contributed by atoms with van der Waals surface area (Å²) in [4.78, 5) is 17.8. The molecule has 1 aliphatic rings. The molecule has 8 heteroatoms. The normalized spacial score (nSPS) is 12.2. The molecule has 0 aliphatic carbocycles. The third-order valence-electron chi connectivity index (χ3n) is 5.23. The van der Waals surface area contributed by atoms with Crippen molar-refractivity contribution in [2.24, 2.45) is 7.05 Å². The maximum absolute atomic E-state index is 13.1. The van der Waals surface area contributed by atoms with E-state index >= 15 is 0 Å². The number of carbonyl (C=O) groups is 1. The fourth-order valence-electron chi connectivity index (χ4n) is 3.54. The van der Waals surface area contributed by atoms with E-state index in [1.165, 1.54) is 0 Å². The molecule has 0 radical (unpaired) electrons. The Hall–Kier alpha value is -4.07. The SMILES string of the molecule is COc1ccc(-c2cc(C(=O)NCc3ccc4c(c3)OCO4)c3cnn(C)c3n2)cc1. The number of amides is 1. The Morgan fingerprint density at radius 1 is 1.13 bits per heavy atom.